The van der Waals surface area contributed by atoms with Gasteiger partial charge in [0.05, 0.1) is 5.39 Å². The highest BCUT2D eigenvalue weighted by atomic mass is 16.1. The smallest absolute Gasteiger partial charge is 0.193 e. The van der Waals surface area contributed by atoms with Crippen LogP contribution in [0.4, 0.5) is 11.5 Å². The number of nitrogens with one attached hydrogen (secondary N) is 1. The van der Waals surface area contributed by atoms with E-state index in [0.29, 0.717) is 16.9 Å². The van der Waals surface area contributed by atoms with Crippen LogP contribution in [0.1, 0.15) is 11.3 Å². The number of fused-ring (bicyclic) bond motifs is 1. The van der Waals surface area contributed by atoms with Crippen LogP contribution in [0.5, 0.6) is 0 Å². The van der Waals surface area contributed by atoms with E-state index in [2.05, 4.69) is 5.32 Å². The molecule has 0 radical (unpaired) electrons. The molecule has 2 aromatic heterocycles. The first-order chi connectivity index (χ1) is 12.6. The summed E-state index contributed by atoms with van der Waals surface area (Å²) >= 11 is 0. The van der Waals surface area contributed by atoms with Gasteiger partial charge in [-0.25, -0.2) is 4.98 Å². The van der Waals surface area contributed by atoms with E-state index in [1.54, 1.807) is 6.07 Å². The summed E-state index contributed by atoms with van der Waals surface area (Å²) in [5, 5.41) is 3.98. The highest BCUT2D eigenvalue weighted by Crippen LogP contribution is 2.25. The SMILES string of the molecule is Cc1cc2c(=O)cc(Nc3ccccc3)n(-c3ccccc3)c2nc1C. The van der Waals surface area contributed by atoms with Crippen molar-refractivity contribution < 1.29 is 0 Å². The molecule has 4 heteroatoms. The number of aromatic nitrogens is 2. The van der Waals surface area contributed by atoms with Crippen molar-refractivity contribution in [2.24, 2.45) is 0 Å². The van der Waals surface area contributed by atoms with Gasteiger partial charge >= 0.3 is 0 Å². The maximum Gasteiger partial charge on any atom is 0.193 e. The Morgan fingerprint density at radius 1 is 0.885 bits per heavy atom. The minimum absolute atomic E-state index is 0.0405. The Balaban J connectivity index is 2.04. The zero-order chi connectivity index (χ0) is 18.1. The summed E-state index contributed by atoms with van der Waals surface area (Å²) in [4.78, 5) is 17.5. The quantitative estimate of drug-likeness (QED) is 0.585. The lowest BCUT2D eigenvalue weighted by Gasteiger charge is -2.18. The Morgan fingerprint density at radius 3 is 2.23 bits per heavy atom. The van der Waals surface area contributed by atoms with E-state index in [9.17, 15) is 4.79 Å². The summed E-state index contributed by atoms with van der Waals surface area (Å²) in [7, 11) is 0. The second-order valence-corrected chi connectivity index (χ2v) is 6.32. The molecule has 2 heterocycles. The van der Waals surface area contributed by atoms with Crippen molar-refractivity contribution in [3.8, 4) is 5.69 Å². The summed E-state index contributed by atoms with van der Waals surface area (Å²) in [5.41, 5.74) is 4.41. The zero-order valence-electron chi connectivity index (χ0n) is 14.7. The number of hydrogen-bond acceptors (Lipinski definition) is 3. The van der Waals surface area contributed by atoms with Crippen LogP contribution in [0.2, 0.25) is 0 Å². The topological polar surface area (TPSA) is 46.9 Å². The van der Waals surface area contributed by atoms with Crippen LogP contribution in [0.3, 0.4) is 0 Å². The van der Waals surface area contributed by atoms with Gasteiger partial charge in [0.2, 0.25) is 0 Å². The molecule has 0 aliphatic carbocycles. The number of nitrogens with zero attached hydrogens (tertiary/aromatic N) is 2. The number of anilines is 2. The van der Waals surface area contributed by atoms with Crippen LogP contribution in [0.15, 0.2) is 77.6 Å². The van der Waals surface area contributed by atoms with Crippen LogP contribution >= 0.6 is 0 Å². The summed E-state index contributed by atoms with van der Waals surface area (Å²) in [6.45, 7) is 3.94. The fourth-order valence-electron chi connectivity index (χ4n) is 3.02. The van der Waals surface area contributed by atoms with Crippen molar-refractivity contribution in [2.75, 3.05) is 5.32 Å². The highest BCUT2D eigenvalue weighted by Gasteiger charge is 2.13. The monoisotopic (exact) mass is 341 g/mol. The predicted molar refractivity (Wildman–Crippen MR) is 107 cm³/mol. The standard InChI is InChI=1S/C22H19N3O/c1-15-13-19-20(26)14-21(24-17-9-5-3-6-10-17)25(22(19)23-16(15)2)18-11-7-4-8-12-18/h3-14,24H,1-2H3. The van der Waals surface area contributed by atoms with Crippen LogP contribution in [0.25, 0.3) is 16.7 Å². The Hall–Kier alpha value is -3.40. The van der Waals surface area contributed by atoms with Crippen LogP contribution < -0.4 is 10.7 Å². The van der Waals surface area contributed by atoms with Gasteiger partial charge in [0.1, 0.15) is 11.5 Å². The third-order valence-electron chi connectivity index (χ3n) is 4.49. The third kappa shape index (κ3) is 2.86. The lowest BCUT2D eigenvalue weighted by molar-refractivity contribution is 1.04. The van der Waals surface area contributed by atoms with Gasteiger partial charge in [-0.1, -0.05) is 36.4 Å². The first kappa shape index (κ1) is 16.1. The summed E-state index contributed by atoms with van der Waals surface area (Å²) < 4.78 is 2.00. The van der Waals surface area contributed by atoms with Crippen molar-refractivity contribution in [1.82, 2.24) is 9.55 Å². The average Bonchev–Trinajstić information content (AvgIpc) is 2.65. The minimum atomic E-state index is -0.0405. The van der Waals surface area contributed by atoms with Gasteiger partial charge in [-0.3, -0.25) is 9.36 Å². The number of para-hydroxylation sites is 2. The number of pyridine rings is 2. The van der Waals surface area contributed by atoms with Gasteiger partial charge in [0.25, 0.3) is 0 Å². The molecule has 0 amide bonds. The fraction of sp³-hybridized carbons (Fsp3) is 0.0909. The van der Waals surface area contributed by atoms with Crippen molar-refractivity contribution >= 4 is 22.5 Å². The van der Waals surface area contributed by atoms with Crippen molar-refractivity contribution in [3.05, 3.63) is 94.3 Å². The second-order valence-electron chi connectivity index (χ2n) is 6.32. The van der Waals surface area contributed by atoms with E-state index in [1.807, 2.05) is 85.1 Å². The number of rotatable bonds is 3. The maximum absolute atomic E-state index is 12.7. The van der Waals surface area contributed by atoms with Crippen LogP contribution in [-0.2, 0) is 0 Å². The van der Waals surface area contributed by atoms with Gasteiger partial charge in [-0.2, -0.15) is 0 Å². The van der Waals surface area contributed by atoms with Crippen LogP contribution in [-0.4, -0.2) is 9.55 Å². The molecule has 0 bridgehead atoms. The molecule has 0 fully saturated rings. The molecule has 0 aliphatic heterocycles. The van der Waals surface area contributed by atoms with Crippen molar-refractivity contribution in [3.63, 3.8) is 0 Å². The van der Waals surface area contributed by atoms with Gasteiger partial charge in [0, 0.05) is 23.1 Å². The molecule has 1 N–H and O–H groups in total. The van der Waals surface area contributed by atoms with E-state index in [1.165, 1.54) is 0 Å². The molecule has 4 aromatic rings. The van der Waals surface area contributed by atoms with Crippen molar-refractivity contribution in [1.29, 1.82) is 0 Å². The van der Waals surface area contributed by atoms with E-state index in [4.69, 9.17) is 4.98 Å². The highest BCUT2D eigenvalue weighted by molar-refractivity contribution is 5.81. The molecular formula is C22H19N3O. The molecular weight excluding hydrogens is 322 g/mol. The van der Waals surface area contributed by atoms with Crippen molar-refractivity contribution in [2.45, 2.75) is 13.8 Å². The summed E-state index contributed by atoms with van der Waals surface area (Å²) in [6.07, 6.45) is 0. The molecule has 128 valence electrons. The lowest BCUT2D eigenvalue weighted by atomic mass is 10.1. The van der Waals surface area contributed by atoms with E-state index < -0.39 is 0 Å². The summed E-state index contributed by atoms with van der Waals surface area (Å²) in [6, 6.07) is 23.3. The molecule has 2 aromatic carbocycles. The fourth-order valence-corrected chi connectivity index (χ4v) is 3.02. The molecule has 0 saturated carbocycles. The largest absolute Gasteiger partial charge is 0.341 e. The molecule has 4 nitrogen and oxygen atoms in total. The average molecular weight is 341 g/mol. The normalized spacial score (nSPS) is 10.8. The van der Waals surface area contributed by atoms with Gasteiger partial charge < -0.3 is 5.32 Å². The number of aryl methyl sites for hydroxylation is 2. The van der Waals surface area contributed by atoms with E-state index >= 15 is 0 Å². The van der Waals surface area contributed by atoms with Crippen LogP contribution in [0, 0.1) is 13.8 Å². The number of benzene rings is 2. The Kier molecular flexibility index (Phi) is 4.01. The molecule has 0 unspecified atom stereocenters. The maximum atomic E-state index is 12.7. The predicted octanol–water partition coefficient (Wildman–Crippen LogP) is 4.75. The Labute approximate surface area is 151 Å². The zero-order valence-corrected chi connectivity index (χ0v) is 14.7. The molecule has 0 atom stereocenters. The minimum Gasteiger partial charge on any atom is -0.341 e. The molecule has 0 spiro atoms. The molecule has 4 rings (SSSR count). The third-order valence-corrected chi connectivity index (χ3v) is 4.49. The van der Waals surface area contributed by atoms with Gasteiger partial charge in [0.15, 0.2) is 5.43 Å². The first-order valence-corrected chi connectivity index (χ1v) is 8.55. The van der Waals surface area contributed by atoms with Gasteiger partial charge in [-0.05, 0) is 49.7 Å². The van der Waals surface area contributed by atoms with Gasteiger partial charge in [-0.15, -0.1) is 0 Å². The number of hydrogen-bond donors (Lipinski definition) is 1. The second kappa shape index (κ2) is 6.48. The molecule has 0 saturated heterocycles. The van der Waals surface area contributed by atoms with E-state index in [-0.39, 0.29) is 5.43 Å². The first-order valence-electron chi connectivity index (χ1n) is 8.55. The lowest BCUT2D eigenvalue weighted by Crippen LogP contribution is -2.14. The molecule has 0 aliphatic rings. The molecule has 26 heavy (non-hydrogen) atoms. The summed E-state index contributed by atoms with van der Waals surface area (Å²) in [5.74, 6) is 0.690. The Morgan fingerprint density at radius 2 is 1.54 bits per heavy atom. The Bertz CT molecular complexity index is 1130. The van der Waals surface area contributed by atoms with E-state index in [0.717, 1.165) is 22.6 Å².